The predicted octanol–water partition coefficient (Wildman–Crippen LogP) is 5.78. The largest absolute Gasteiger partial charge is 0.485 e. The van der Waals surface area contributed by atoms with Crippen LogP contribution in [0.2, 0.25) is 0 Å². The number of hydrogen-bond acceptors (Lipinski definition) is 5. The zero-order chi connectivity index (χ0) is 30.2. The second kappa shape index (κ2) is 12.1. The SMILES string of the molecule is CC(C)n1ccnc1COc1ccc(Br)c2c1C(CN1Cc3ccccc3C1=O)N(C(=O)[C@@H]1CCCC[C@@H]1C(=O)O)CC2. The molecule has 1 unspecified atom stereocenters. The number of hydrogen-bond donors (Lipinski definition) is 1. The number of rotatable bonds is 8. The Labute approximate surface area is 260 Å². The molecule has 10 heteroatoms. The molecule has 0 radical (unpaired) electrons. The van der Waals surface area contributed by atoms with Gasteiger partial charge in [-0.3, -0.25) is 14.4 Å². The summed E-state index contributed by atoms with van der Waals surface area (Å²) in [6.45, 7) is 5.61. The Morgan fingerprint density at radius 2 is 1.88 bits per heavy atom. The number of nitrogens with zero attached hydrogens (tertiary/aromatic N) is 4. The predicted molar refractivity (Wildman–Crippen MR) is 164 cm³/mol. The van der Waals surface area contributed by atoms with Crippen molar-refractivity contribution >= 4 is 33.7 Å². The maximum absolute atomic E-state index is 14.3. The molecule has 1 fully saturated rings. The Hall–Kier alpha value is -3.66. The van der Waals surface area contributed by atoms with Gasteiger partial charge in [0.05, 0.1) is 17.9 Å². The van der Waals surface area contributed by atoms with E-state index in [9.17, 15) is 19.5 Å². The molecule has 0 bridgehead atoms. The van der Waals surface area contributed by atoms with E-state index in [0.717, 1.165) is 39.8 Å². The van der Waals surface area contributed by atoms with Gasteiger partial charge < -0.3 is 24.2 Å². The van der Waals surface area contributed by atoms with Crippen LogP contribution in [-0.4, -0.2) is 55.3 Å². The van der Waals surface area contributed by atoms with Gasteiger partial charge in [-0.15, -0.1) is 0 Å². The molecule has 6 rings (SSSR count). The van der Waals surface area contributed by atoms with Crippen molar-refractivity contribution in [2.24, 2.45) is 11.8 Å². The van der Waals surface area contributed by atoms with Gasteiger partial charge in [0.1, 0.15) is 18.2 Å². The number of carboxylic acid groups (broad SMARTS) is 1. The minimum Gasteiger partial charge on any atom is -0.485 e. The average Bonchev–Trinajstić information content (AvgIpc) is 3.61. The molecule has 1 saturated carbocycles. The van der Waals surface area contributed by atoms with Crippen LogP contribution in [0.5, 0.6) is 5.75 Å². The number of fused-ring (bicyclic) bond motifs is 2. The molecule has 226 valence electrons. The number of ether oxygens (including phenoxy) is 1. The van der Waals surface area contributed by atoms with Crippen LogP contribution in [-0.2, 0) is 29.2 Å². The van der Waals surface area contributed by atoms with Gasteiger partial charge in [-0.05, 0) is 62.4 Å². The Morgan fingerprint density at radius 1 is 1.12 bits per heavy atom. The maximum atomic E-state index is 14.3. The highest BCUT2D eigenvalue weighted by molar-refractivity contribution is 9.10. The monoisotopic (exact) mass is 648 g/mol. The summed E-state index contributed by atoms with van der Waals surface area (Å²) in [5.41, 5.74) is 3.55. The van der Waals surface area contributed by atoms with Gasteiger partial charge in [0.2, 0.25) is 5.91 Å². The number of imidazole rings is 1. The molecule has 3 atom stereocenters. The molecule has 2 amide bonds. The maximum Gasteiger partial charge on any atom is 0.307 e. The van der Waals surface area contributed by atoms with Gasteiger partial charge in [0, 0.05) is 53.7 Å². The number of aromatic nitrogens is 2. The molecule has 3 heterocycles. The molecular formula is C33H37BrN4O5. The molecule has 1 aliphatic carbocycles. The number of amides is 2. The molecule has 3 aliphatic rings. The zero-order valence-corrected chi connectivity index (χ0v) is 26.1. The Kier molecular flexibility index (Phi) is 8.31. The molecule has 43 heavy (non-hydrogen) atoms. The molecule has 9 nitrogen and oxygen atoms in total. The van der Waals surface area contributed by atoms with E-state index in [1.807, 2.05) is 47.5 Å². The summed E-state index contributed by atoms with van der Waals surface area (Å²) in [4.78, 5) is 48.2. The smallest absolute Gasteiger partial charge is 0.307 e. The number of aliphatic carboxylic acids is 1. The van der Waals surface area contributed by atoms with E-state index in [-0.39, 0.29) is 31.0 Å². The lowest BCUT2D eigenvalue weighted by Crippen LogP contribution is -2.50. The fraction of sp³-hybridized carbons (Fsp3) is 0.455. The Balaban J connectivity index is 1.38. The molecule has 1 aromatic heterocycles. The van der Waals surface area contributed by atoms with Crippen LogP contribution in [0.3, 0.4) is 0 Å². The summed E-state index contributed by atoms with van der Waals surface area (Å²) >= 11 is 3.74. The standard InChI is InChI=1S/C33H37BrN4O5/c1-20(2)37-16-14-35-29(37)19-43-28-12-11-26(34)25-13-15-38(32(40)23-9-5-6-10-24(23)33(41)42)27(30(25)28)18-36-17-21-7-3-4-8-22(21)31(36)39/h3-4,7-8,11-12,14,16,20,23-24,27H,5-6,9-10,13,15,17-19H2,1-2H3,(H,41,42)/t23-,24+,27?/m1/s1. The zero-order valence-electron chi connectivity index (χ0n) is 24.5. The first kappa shape index (κ1) is 29.4. The van der Waals surface area contributed by atoms with Crippen molar-refractivity contribution < 1.29 is 24.2 Å². The lowest BCUT2D eigenvalue weighted by atomic mass is 9.77. The number of benzene rings is 2. The third kappa shape index (κ3) is 5.57. The molecule has 3 aromatic rings. The highest BCUT2D eigenvalue weighted by Gasteiger charge is 2.44. The summed E-state index contributed by atoms with van der Waals surface area (Å²) in [6.07, 6.45) is 6.99. The molecule has 2 aliphatic heterocycles. The molecular weight excluding hydrogens is 612 g/mol. The summed E-state index contributed by atoms with van der Waals surface area (Å²) < 4.78 is 9.46. The van der Waals surface area contributed by atoms with E-state index in [1.54, 1.807) is 11.1 Å². The van der Waals surface area contributed by atoms with E-state index >= 15 is 0 Å². The van der Waals surface area contributed by atoms with Gasteiger partial charge in [-0.1, -0.05) is 47.0 Å². The van der Waals surface area contributed by atoms with Gasteiger partial charge in [0.15, 0.2) is 0 Å². The van der Waals surface area contributed by atoms with Gasteiger partial charge in [-0.2, -0.15) is 0 Å². The topological polar surface area (TPSA) is 105 Å². The highest BCUT2D eigenvalue weighted by Crippen LogP contribution is 2.44. The van der Waals surface area contributed by atoms with Crippen LogP contribution >= 0.6 is 15.9 Å². The second-order valence-electron chi connectivity index (χ2n) is 12.0. The van der Waals surface area contributed by atoms with E-state index in [0.29, 0.717) is 43.7 Å². The van der Waals surface area contributed by atoms with Crippen molar-refractivity contribution in [3.05, 3.63) is 81.3 Å². The quantitative estimate of drug-likeness (QED) is 0.332. The normalized spacial score (nSPS) is 21.6. The minimum atomic E-state index is -0.912. The first-order chi connectivity index (χ1) is 20.7. The Bertz CT molecular complexity index is 1550. The van der Waals surface area contributed by atoms with Crippen LogP contribution in [0, 0.1) is 11.8 Å². The van der Waals surface area contributed by atoms with E-state index in [4.69, 9.17) is 4.74 Å². The first-order valence-electron chi connectivity index (χ1n) is 15.1. The minimum absolute atomic E-state index is 0.0624. The van der Waals surface area contributed by atoms with Crippen molar-refractivity contribution in [3.63, 3.8) is 0 Å². The molecule has 1 N–H and O–H groups in total. The van der Waals surface area contributed by atoms with Gasteiger partial charge in [-0.25, -0.2) is 4.98 Å². The van der Waals surface area contributed by atoms with Crippen molar-refractivity contribution in [1.29, 1.82) is 0 Å². The van der Waals surface area contributed by atoms with E-state index in [2.05, 4.69) is 39.3 Å². The van der Waals surface area contributed by atoms with Crippen LogP contribution in [0.25, 0.3) is 0 Å². The Morgan fingerprint density at radius 3 is 2.63 bits per heavy atom. The summed E-state index contributed by atoms with van der Waals surface area (Å²) in [5, 5.41) is 9.99. The lowest BCUT2D eigenvalue weighted by Gasteiger charge is -2.43. The number of carbonyl (C=O) groups is 3. The molecule has 0 saturated heterocycles. The van der Waals surface area contributed by atoms with Crippen LogP contribution < -0.4 is 4.74 Å². The average molecular weight is 650 g/mol. The highest BCUT2D eigenvalue weighted by atomic mass is 79.9. The number of carboxylic acids is 1. The van der Waals surface area contributed by atoms with Gasteiger partial charge in [0.25, 0.3) is 5.91 Å². The summed E-state index contributed by atoms with van der Waals surface area (Å²) in [5.74, 6) is -0.971. The van der Waals surface area contributed by atoms with Crippen LogP contribution in [0.4, 0.5) is 0 Å². The van der Waals surface area contributed by atoms with E-state index in [1.165, 1.54) is 0 Å². The van der Waals surface area contributed by atoms with Crippen molar-refractivity contribution in [3.8, 4) is 5.75 Å². The van der Waals surface area contributed by atoms with Crippen molar-refractivity contribution in [2.75, 3.05) is 13.1 Å². The van der Waals surface area contributed by atoms with Crippen LogP contribution in [0.1, 0.15) is 84.5 Å². The van der Waals surface area contributed by atoms with Crippen molar-refractivity contribution in [1.82, 2.24) is 19.4 Å². The number of carbonyl (C=O) groups excluding carboxylic acids is 2. The molecule has 0 spiro atoms. The van der Waals surface area contributed by atoms with Crippen molar-refractivity contribution in [2.45, 2.75) is 71.2 Å². The fourth-order valence-corrected chi connectivity index (χ4v) is 7.58. The van der Waals surface area contributed by atoms with Crippen LogP contribution in [0.15, 0.2) is 53.3 Å². The fourth-order valence-electron chi connectivity index (χ4n) is 7.03. The summed E-state index contributed by atoms with van der Waals surface area (Å²) in [6, 6.07) is 11.2. The lowest BCUT2D eigenvalue weighted by molar-refractivity contribution is -0.153. The third-order valence-corrected chi connectivity index (χ3v) is 9.95. The number of halogens is 1. The first-order valence-corrected chi connectivity index (χ1v) is 15.9. The van der Waals surface area contributed by atoms with E-state index < -0.39 is 23.8 Å². The van der Waals surface area contributed by atoms with Gasteiger partial charge >= 0.3 is 5.97 Å². The molecule has 2 aromatic carbocycles. The summed E-state index contributed by atoms with van der Waals surface area (Å²) in [7, 11) is 0. The third-order valence-electron chi connectivity index (χ3n) is 9.21. The second-order valence-corrected chi connectivity index (χ2v) is 12.9.